The fourth-order valence-electron chi connectivity index (χ4n) is 2.64. The lowest BCUT2D eigenvalue weighted by Crippen LogP contribution is -2.42. The molecule has 0 radical (unpaired) electrons. The normalized spacial score (nSPS) is 15.2. The maximum absolute atomic E-state index is 13.2. The molecule has 0 bridgehead atoms. The number of hydrogen-bond acceptors (Lipinski definition) is 5. The number of benzene rings is 1. The minimum atomic E-state index is -3.73. The Balaban J connectivity index is 1.81. The molecule has 27 heavy (non-hydrogen) atoms. The average molecular weight is 407 g/mol. The molecule has 0 saturated heterocycles. The van der Waals surface area contributed by atoms with Gasteiger partial charge in [0.2, 0.25) is 0 Å². The first-order valence-electron chi connectivity index (χ1n) is 8.72. The van der Waals surface area contributed by atoms with Gasteiger partial charge in [-0.3, -0.25) is 9.59 Å². The van der Waals surface area contributed by atoms with Gasteiger partial charge in [0.05, 0.1) is 4.90 Å². The van der Waals surface area contributed by atoms with Crippen molar-refractivity contribution in [3.05, 3.63) is 51.7 Å². The highest BCUT2D eigenvalue weighted by Gasteiger charge is 2.32. The minimum Gasteiger partial charge on any atom is -0.346 e. The van der Waals surface area contributed by atoms with Crippen LogP contribution in [0, 0.1) is 13.8 Å². The molecule has 1 atom stereocenters. The third-order valence-corrected chi connectivity index (χ3v) is 7.82. The summed E-state index contributed by atoms with van der Waals surface area (Å²) in [5.41, 5.74) is 1.89. The van der Waals surface area contributed by atoms with Gasteiger partial charge in [-0.25, -0.2) is 8.42 Å². The fourth-order valence-corrected chi connectivity index (χ4v) is 5.50. The van der Waals surface area contributed by atoms with E-state index in [1.54, 1.807) is 35.7 Å². The minimum absolute atomic E-state index is 0.0654. The second-order valence-electron chi connectivity index (χ2n) is 6.75. The lowest BCUT2D eigenvalue weighted by Gasteiger charge is -2.18. The van der Waals surface area contributed by atoms with Gasteiger partial charge in [-0.1, -0.05) is 12.1 Å². The Morgan fingerprint density at radius 3 is 2.48 bits per heavy atom. The Hall–Kier alpha value is -2.19. The van der Waals surface area contributed by atoms with Crippen molar-refractivity contribution in [2.24, 2.45) is 0 Å². The van der Waals surface area contributed by atoms with Crippen molar-refractivity contribution in [1.29, 1.82) is 0 Å². The topological polar surface area (TPSA) is 92.3 Å². The quantitative estimate of drug-likeness (QED) is 0.720. The number of rotatable bonds is 6. The molecule has 8 heteroatoms. The van der Waals surface area contributed by atoms with Crippen LogP contribution in [-0.2, 0) is 19.4 Å². The third kappa shape index (κ3) is 4.56. The lowest BCUT2D eigenvalue weighted by molar-refractivity contribution is -0.139. The van der Waals surface area contributed by atoms with Crippen LogP contribution in [-0.4, -0.2) is 32.8 Å². The zero-order valence-corrected chi connectivity index (χ0v) is 16.8. The Kier molecular flexibility index (Phi) is 5.67. The zero-order chi connectivity index (χ0) is 19.6. The predicted octanol–water partition coefficient (Wildman–Crippen LogP) is 2.27. The van der Waals surface area contributed by atoms with Gasteiger partial charge in [0, 0.05) is 17.5 Å². The predicted molar refractivity (Wildman–Crippen MR) is 104 cm³/mol. The lowest BCUT2D eigenvalue weighted by atomic mass is 10.1. The SMILES string of the molecule is Cc1ccc(S(=O)(=O)[C@H](CNC(=O)C(=O)NC2CC2)c2cccs2)cc1C. The van der Waals surface area contributed by atoms with Crippen LogP contribution in [0.25, 0.3) is 0 Å². The summed E-state index contributed by atoms with van der Waals surface area (Å²) in [4.78, 5) is 24.7. The maximum atomic E-state index is 13.2. The van der Waals surface area contributed by atoms with Crippen LogP contribution < -0.4 is 10.6 Å². The molecule has 0 spiro atoms. The van der Waals surface area contributed by atoms with E-state index in [9.17, 15) is 18.0 Å². The summed E-state index contributed by atoms with van der Waals surface area (Å²) in [7, 11) is -3.73. The highest BCUT2D eigenvalue weighted by atomic mass is 32.2. The molecule has 0 unspecified atom stereocenters. The van der Waals surface area contributed by atoms with Crippen molar-refractivity contribution < 1.29 is 18.0 Å². The molecular formula is C19H22N2O4S2. The molecule has 1 aromatic carbocycles. The molecular weight excluding hydrogens is 384 g/mol. The largest absolute Gasteiger partial charge is 0.346 e. The molecule has 144 valence electrons. The summed E-state index contributed by atoms with van der Waals surface area (Å²) in [6.07, 6.45) is 1.75. The van der Waals surface area contributed by atoms with E-state index in [4.69, 9.17) is 0 Å². The first kappa shape index (κ1) is 19.6. The highest BCUT2D eigenvalue weighted by Crippen LogP contribution is 2.32. The molecule has 3 rings (SSSR count). The Bertz CT molecular complexity index is 948. The third-order valence-electron chi connectivity index (χ3n) is 4.61. The number of sulfone groups is 1. The number of amides is 2. The summed E-state index contributed by atoms with van der Waals surface area (Å²) in [6.45, 7) is 3.62. The molecule has 1 heterocycles. The van der Waals surface area contributed by atoms with Gasteiger partial charge in [0.1, 0.15) is 5.25 Å². The van der Waals surface area contributed by atoms with Crippen molar-refractivity contribution >= 4 is 33.0 Å². The van der Waals surface area contributed by atoms with Crippen LogP contribution in [0.15, 0.2) is 40.6 Å². The smallest absolute Gasteiger partial charge is 0.309 e. The van der Waals surface area contributed by atoms with Crippen molar-refractivity contribution in [3.8, 4) is 0 Å². The second kappa shape index (κ2) is 7.82. The molecule has 0 aliphatic heterocycles. The molecule has 1 aliphatic carbocycles. The van der Waals surface area contributed by atoms with E-state index in [1.807, 2.05) is 13.8 Å². The molecule has 6 nitrogen and oxygen atoms in total. The molecule has 1 saturated carbocycles. The van der Waals surface area contributed by atoms with Crippen LogP contribution in [0.2, 0.25) is 0 Å². The summed E-state index contributed by atoms with van der Waals surface area (Å²) < 4.78 is 26.4. The standard InChI is InChI=1S/C19H22N2O4S2/c1-12-5-8-15(10-13(12)2)27(24,25)17(16-4-3-9-26-16)11-20-18(22)19(23)21-14-6-7-14/h3-5,8-10,14,17H,6-7,11H2,1-2H3,(H,20,22)(H,21,23)/t17-/m1/s1. The van der Waals surface area contributed by atoms with E-state index in [2.05, 4.69) is 10.6 Å². The molecule has 2 N–H and O–H groups in total. The van der Waals surface area contributed by atoms with E-state index in [0.717, 1.165) is 24.0 Å². The van der Waals surface area contributed by atoms with Crippen molar-refractivity contribution in [1.82, 2.24) is 10.6 Å². The molecule has 1 fully saturated rings. The van der Waals surface area contributed by atoms with Crippen molar-refractivity contribution in [2.75, 3.05) is 6.54 Å². The van der Waals surface area contributed by atoms with Crippen LogP contribution in [0.5, 0.6) is 0 Å². The van der Waals surface area contributed by atoms with Crippen molar-refractivity contribution in [3.63, 3.8) is 0 Å². The fraction of sp³-hybridized carbons (Fsp3) is 0.368. The average Bonchev–Trinajstić information content (AvgIpc) is 3.27. The Labute approximate surface area is 162 Å². The van der Waals surface area contributed by atoms with Crippen LogP contribution in [0.3, 0.4) is 0 Å². The Morgan fingerprint density at radius 1 is 1.15 bits per heavy atom. The number of carbonyl (C=O) groups is 2. The number of carbonyl (C=O) groups excluding carboxylic acids is 2. The molecule has 2 aromatic rings. The van der Waals surface area contributed by atoms with Gasteiger partial charge < -0.3 is 10.6 Å². The van der Waals surface area contributed by atoms with Gasteiger partial charge in [-0.15, -0.1) is 11.3 Å². The monoisotopic (exact) mass is 406 g/mol. The number of aryl methyl sites for hydroxylation is 2. The summed E-state index contributed by atoms with van der Waals surface area (Å²) in [5, 5.41) is 5.93. The van der Waals surface area contributed by atoms with E-state index in [-0.39, 0.29) is 17.5 Å². The molecule has 2 amide bonds. The van der Waals surface area contributed by atoms with Gasteiger partial charge >= 0.3 is 11.8 Å². The second-order valence-corrected chi connectivity index (χ2v) is 9.86. The summed E-state index contributed by atoms with van der Waals surface area (Å²) in [6, 6.07) is 8.56. The molecule has 1 aliphatic rings. The van der Waals surface area contributed by atoms with Gasteiger partial charge in [0.15, 0.2) is 9.84 Å². The van der Waals surface area contributed by atoms with Gasteiger partial charge in [-0.2, -0.15) is 0 Å². The van der Waals surface area contributed by atoms with Crippen LogP contribution in [0.1, 0.15) is 34.1 Å². The van der Waals surface area contributed by atoms with Gasteiger partial charge in [0.25, 0.3) is 0 Å². The number of thiophene rings is 1. The van der Waals surface area contributed by atoms with E-state index >= 15 is 0 Å². The first-order chi connectivity index (χ1) is 12.8. The van der Waals surface area contributed by atoms with E-state index in [0.29, 0.717) is 4.88 Å². The zero-order valence-electron chi connectivity index (χ0n) is 15.2. The molecule has 1 aromatic heterocycles. The van der Waals surface area contributed by atoms with Gasteiger partial charge in [-0.05, 0) is 61.4 Å². The summed E-state index contributed by atoms with van der Waals surface area (Å²) in [5.74, 6) is -1.52. The first-order valence-corrected chi connectivity index (χ1v) is 11.1. The summed E-state index contributed by atoms with van der Waals surface area (Å²) >= 11 is 1.31. The number of nitrogens with one attached hydrogen (secondary N) is 2. The van der Waals surface area contributed by atoms with E-state index < -0.39 is 26.9 Å². The van der Waals surface area contributed by atoms with E-state index in [1.165, 1.54) is 11.3 Å². The maximum Gasteiger partial charge on any atom is 0.309 e. The Morgan fingerprint density at radius 2 is 1.89 bits per heavy atom. The van der Waals surface area contributed by atoms with Crippen molar-refractivity contribution in [2.45, 2.75) is 42.9 Å². The highest BCUT2D eigenvalue weighted by molar-refractivity contribution is 7.91. The van der Waals surface area contributed by atoms with Crippen LogP contribution >= 0.6 is 11.3 Å². The number of hydrogen-bond donors (Lipinski definition) is 2. The van der Waals surface area contributed by atoms with Crippen LogP contribution in [0.4, 0.5) is 0 Å².